The molecule has 0 N–H and O–H groups in total. The molecule has 0 aromatic rings. The molecule has 0 rings (SSSR count). The highest BCUT2D eigenvalue weighted by atomic mass is 35.5. The molecular formula is C9H18ClO3P. The van der Waals surface area contributed by atoms with Crippen LogP contribution in [0, 0.1) is 0 Å². The topological polar surface area (TPSA) is 35.5 Å². The van der Waals surface area contributed by atoms with Gasteiger partial charge < -0.3 is 9.05 Å². The van der Waals surface area contributed by atoms with Crippen molar-refractivity contribution in [3.05, 3.63) is 11.6 Å². The second-order valence-corrected chi connectivity index (χ2v) is 5.17. The Morgan fingerprint density at radius 1 is 1.36 bits per heavy atom. The number of rotatable bonds is 7. The van der Waals surface area contributed by atoms with Gasteiger partial charge in [-0.3, -0.25) is 4.57 Å². The second-order valence-electron chi connectivity index (χ2n) is 2.81. The van der Waals surface area contributed by atoms with Gasteiger partial charge in [0.1, 0.15) is 0 Å². The lowest BCUT2D eigenvalue weighted by Gasteiger charge is -2.16. The minimum Gasteiger partial charge on any atom is -0.309 e. The average Bonchev–Trinajstić information content (AvgIpc) is 2.04. The summed E-state index contributed by atoms with van der Waals surface area (Å²) in [6, 6.07) is 0. The molecule has 0 bridgehead atoms. The summed E-state index contributed by atoms with van der Waals surface area (Å²) in [6.07, 6.45) is 2.13. The van der Waals surface area contributed by atoms with E-state index in [-0.39, 0.29) is 0 Å². The molecule has 0 unspecified atom stereocenters. The van der Waals surface area contributed by atoms with Gasteiger partial charge in [-0.05, 0) is 20.8 Å². The molecule has 0 saturated carbocycles. The van der Waals surface area contributed by atoms with E-state index in [1.165, 1.54) is 0 Å². The summed E-state index contributed by atoms with van der Waals surface area (Å²) in [5.41, 5.74) is 0.935. The monoisotopic (exact) mass is 240 g/mol. The normalized spacial score (nSPS) is 13.3. The quantitative estimate of drug-likeness (QED) is 0.389. The molecule has 3 nitrogen and oxygen atoms in total. The van der Waals surface area contributed by atoms with Gasteiger partial charge in [0.25, 0.3) is 0 Å². The summed E-state index contributed by atoms with van der Waals surface area (Å²) in [5.74, 6) is 0.421. The molecule has 0 aliphatic heterocycles. The first-order valence-corrected chi connectivity index (χ1v) is 6.94. The predicted molar refractivity (Wildman–Crippen MR) is 60.2 cm³/mol. The van der Waals surface area contributed by atoms with Gasteiger partial charge in [0.2, 0.25) is 0 Å². The van der Waals surface area contributed by atoms with Gasteiger partial charge in [0, 0.05) is 5.88 Å². The van der Waals surface area contributed by atoms with E-state index in [1.807, 2.05) is 13.0 Å². The minimum atomic E-state index is -2.93. The van der Waals surface area contributed by atoms with Crippen molar-refractivity contribution in [3.63, 3.8) is 0 Å². The summed E-state index contributed by atoms with van der Waals surface area (Å²) in [5, 5.41) is 0. The van der Waals surface area contributed by atoms with E-state index in [2.05, 4.69) is 0 Å². The molecular weight excluding hydrogens is 223 g/mol. The van der Waals surface area contributed by atoms with Crippen molar-refractivity contribution in [1.29, 1.82) is 0 Å². The molecule has 0 aliphatic rings. The highest BCUT2D eigenvalue weighted by Gasteiger charge is 2.23. The van der Waals surface area contributed by atoms with Crippen molar-refractivity contribution >= 4 is 19.2 Å². The number of hydrogen-bond acceptors (Lipinski definition) is 3. The van der Waals surface area contributed by atoms with Crippen LogP contribution in [0.5, 0.6) is 0 Å². The fourth-order valence-corrected chi connectivity index (χ4v) is 3.07. The third-order valence-electron chi connectivity index (χ3n) is 1.52. The van der Waals surface area contributed by atoms with Crippen molar-refractivity contribution in [2.45, 2.75) is 20.8 Å². The zero-order chi connectivity index (χ0) is 11.0. The molecule has 0 aromatic carbocycles. The predicted octanol–water partition coefficient (Wildman–Crippen LogP) is 3.44. The summed E-state index contributed by atoms with van der Waals surface area (Å²) < 4.78 is 22.2. The van der Waals surface area contributed by atoms with Crippen LogP contribution in [0.15, 0.2) is 11.6 Å². The Hall–Kier alpha value is 0.180. The zero-order valence-corrected chi connectivity index (χ0v) is 10.6. The second kappa shape index (κ2) is 7.47. The maximum absolute atomic E-state index is 12.0. The minimum absolute atomic E-state index is 0.321. The molecule has 0 radical (unpaired) electrons. The van der Waals surface area contributed by atoms with Gasteiger partial charge in [-0.25, -0.2) is 0 Å². The summed E-state index contributed by atoms with van der Waals surface area (Å²) in [4.78, 5) is 0. The van der Waals surface area contributed by atoms with Gasteiger partial charge in [0.15, 0.2) is 0 Å². The van der Waals surface area contributed by atoms with E-state index in [0.29, 0.717) is 25.3 Å². The number of halogens is 1. The van der Waals surface area contributed by atoms with Gasteiger partial charge in [-0.15, -0.1) is 11.6 Å². The molecule has 14 heavy (non-hydrogen) atoms. The van der Waals surface area contributed by atoms with Gasteiger partial charge >= 0.3 is 7.60 Å². The lowest BCUT2D eigenvalue weighted by Crippen LogP contribution is -2.01. The molecule has 84 valence electrons. The Kier molecular flexibility index (Phi) is 7.56. The van der Waals surface area contributed by atoms with E-state index in [0.717, 1.165) is 5.57 Å². The van der Waals surface area contributed by atoms with E-state index >= 15 is 0 Å². The molecule has 0 aliphatic carbocycles. The smallest absolute Gasteiger partial charge is 0.309 e. The molecule has 0 amide bonds. The third-order valence-corrected chi connectivity index (χ3v) is 3.86. The van der Waals surface area contributed by atoms with E-state index < -0.39 is 7.60 Å². The van der Waals surface area contributed by atoms with E-state index in [1.54, 1.807) is 13.8 Å². The van der Waals surface area contributed by atoms with Crippen LogP contribution in [-0.2, 0) is 13.6 Å². The molecule has 0 aromatic heterocycles. The number of alkyl halides is 1. The van der Waals surface area contributed by atoms with Crippen LogP contribution in [0.1, 0.15) is 20.8 Å². The Morgan fingerprint density at radius 3 is 2.21 bits per heavy atom. The van der Waals surface area contributed by atoms with Crippen molar-refractivity contribution in [3.8, 4) is 0 Å². The number of allylic oxidation sites excluding steroid dienone is 2. The number of hydrogen-bond donors (Lipinski definition) is 0. The lowest BCUT2D eigenvalue weighted by molar-refractivity contribution is 0.222. The summed E-state index contributed by atoms with van der Waals surface area (Å²) in [7, 11) is -2.93. The van der Waals surface area contributed by atoms with Gasteiger partial charge in [0.05, 0.1) is 19.4 Å². The van der Waals surface area contributed by atoms with Crippen LogP contribution >= 0.6 is 19.2 Å². The fraction of sp³-hybridized carbons (Fsp3) is 0.778. The first-order valence-electron chi connectivity index (χ1n) is 4.67. The Morgan fingerprint density at radius 2 is 1.86 bits per heavy atom. The van der Waals surface area contributed by atoms with Crippen LogP contribution < -0.4 is 0 Å². The standard InChI is InChI=1S/C9H18ClO3P/c1-4-12-14(11,13-5-2)8-9(3)6-7-10/h6H,4-5,7-8H2,1-3H3/b9-6+. The van der Waals surface area contributed by atoms with Crippen molar-refractivity contribution in [2.24, 2.45) is 0 Å². The van der Waals surface area contributed by atoms with Crippen LogP contribution in [0.3, 0.4) is 0 Å². The molecule has 0 heterocycles. The lowest BCUT2D eigenvalue weighted by atomic mass is 10.3. The van der Waals surface area contributed by atoms with Crippen LogP contribution in [0.2, 0.25) is 0 Å². The molecule has 0 saturated heterocycles. The SMILES string of the molecule is CCOP(=O)(C/C(C)=C/CCl)OCC. The van der Waals surface area contributed by atoms with Crippen LogP contribution in [0.4, 0.5) is 0 Å². The van der Waals surface area contributed by atoms with Gasteiger partial charge in [-0.1, -0.05) is 11.6 Å². The van der Waals surface area contributed by atoms with Crippen molar-refractivity contribution in [2.75, 3.05) is 25.3 Å². The van der Waals surface area contributed by atoms with Crippen LogP contribution in [0.25, 0.3) is 0 Å². The first-order chi connectivity index (χ1) is 6.58. The molecule has 5 heteroatoms. The maximum Gasteiger partial charge on any atom is 0.334 e. The largest absolute Gasteiger partial charge is 0.334 e. The summed E-state index contributed by atoms with van der Waals surface area (Å²) in [6.45, 7) is 6.25. The van der Waals surface area contributed by atoms with Crippen LogP contribution in [-0.4, -0.2) is 25.3 Å². The Bertz CT molecular complexity index is 218. The maximum atomic E-state index is 12.0. The highest BCUT2D eigenvalue weighted by molar-refractivity contribution is 7.54. The summed E-state index contributed by atoms with van der Waals surface area (Å²) >= 11 is 5.53. The molecule has 0 fully saturated rings. The first kappa shape index (κ1) is 14.2. The fourth-order valence-electron chi connectivity index (χ4n) is 1.02. The Balaban J connectivity index is 4.35. The van der Waals surface area contributed by atoms with E-state index in [9.17, 15) is 4.57 Å². The van der Waals surface area contributed by atoms with Crippen molar-refractivity contribution < 1.29 is 13.6 Å². The molecule has 0 atom stereocenters. The average molecular weight is 241 g/mol. The Labute approximate surface area is 91.0 Å². The van der Waals surface area contributed by atoms with Crippen molar-refractivity contribution in [1.82, 2.24) is 0 Å². The third kappa shape index (κ3) is 5.82. The van der Waals surface area contributed by atoms with E-state index in [4.69, 9.17) is 20.6 Å². The molecule has 0 spiro atoms. The highest BCUT2D eigenvalue weighted by Crippen LogP contribution is 2.49. The zero-order valence-electron chi connectivity index (χ0n) is 8.96. The van der Waals surface area contributed by atoms with Gasteiger partial charge in [-0.2, -0.15) is 0 Å².